The van der Waals surface area contributed by atoms with E-state index in [1.165, 1.54) is 38.3 Å². The summed E-state index contributed by atoms with van der Waals surface area (Å²) in [4.78, 5) is 18.0. The van der Waals surface area contributed by atoms with Crippen molar-refractivity contribution in [1.29, 1.82) is 10.7 Å². The molecule has 1 aromatic heterocycles. The molecule has 1 saturated heterocycles. The Balaban J connectivity index is 1.33. The molecule has 1 aliphatic heterocycles. The molecule has 1 atom stereocenters. The number of likely N-dealkylation sites (tertiary alicyclic amines) is 1. The molecule has 1 fully saturated rings. The molecule has 3 aromatic carbocycles. The second kappa shape index (κ2) is 18.0. The predicted molar refractivity (Wildman–Crippen MR) is 199 cm³/mol. The van der Waals surface area contributed by atoms with E-state index in [1.807, 2.05) is 36.4 Å². The number of carboxylic acids is 1. The lowest BCUT2D eigenvalue weighted by Crippen LogP contribution is -2.33. The average molecular weight is 760 g/mol. The molecule has 4 aromatic rings. The Morgan fingerprint density at radius 2 is 1.86 bits per heavy atom. The smallest absolute Gasteiger partial charge is 0.320 e. The molecule has 1 aliphatic rings. The minimum absolute atomic E-state index is 0.125. The summed E-state index contributed by atoms with van der Waals surface area (Å²) in [5.41, 5.74) is 6.24. The number of nitrogens with zero attached hydrogens (tertiary/aromatic N) is 3. The van der Waals surface area contributed by atoms with Crippen LogP contribution >= 0.6 is 27.5 Å². The molecule has 5 rings (SSSR count). The number of pyridine rings is 1. The van der Waals surface area contributed by atoms with Crippen molar-refractivity contribution in [2.24, 2.45) is 0 Å². The van der Waals surface area contributed by atoms with Crippen LogP contribution in [-0.2, 0) is 24.6 Å². The molecule has 12 heteroatoms. The number of ether oxygens (including phenoxy) is 2. The molecule has 0 aliphatic carbocycles. The number of benzene rings is 3. The summed E-state index contributed by atoms with van der Waals surface area (Å²) in [6, 6.07) is 18.3. The van der Waals surface area contributed by atoms with Crippen molar-refractivity contribution < 1.29 is 19.4 Å². The molecule has 0 spiro atoms. The molecular formula is C38H40BrClN6O4. The van der Waals surface area contributed by atoms with E-state index in [0.29, 0.717) is 33.2 Å². The van der Waals surface area contributed by atoms with E-state index in [9.17, 15) is 15.2 Å². The molecule has 50 heavy (non-hydrogen) atoms. The number of carbonyl (C=O) groups is 1. The topological polar surface area (TPSA) is 144 Å². The van der Waals surface area contributed by atoms with E-state index in [1.54, 1.807) is 31.3 Å². The summed E-state index contributed by atoms with van der Waals surface area (Å²) in [5.74, 6) is -0.141. The lowest BCUT2D eigenvalue weighted by atomic mass is 9.97. The van der Waals surface area contributed by atoms with Crippen molar-refractivity contribution >= 4 is 45.4 Å². The first-order valence-corrected chi connectivity index (χ1v) is 17.7. The third-order valence-corrected chi connectivity index (χ3v) is 9.80. The van der Waals surface area contributed by atoms with E-state index < -0.39 is 12.0 Å². The van der Waals surface area contributed by atoms with E-state index in [-0.39, 0.29) is 19.8 Å². The van der Waals surface area contributed by atoms with Gasteiger partial charge in [-0.25, -0.2) is 0 Å². The molecule has 4 N–H and O–H groups in total. The second-order valence-corrected chi connectivity index (χ2v) is 13.3. The van der Waals surface area contributed by atoms with Crippen LogP contribution in [0, 0.1) is 16.7 Å². The fourth-order valence-electron chi connectivity index (χ4n) is 5.79. The molecule has 0 saturated carbocycles. The van der Waals surface area contributed by atoms with Gasteiger partial charge in [0.2, 0.25) is 0 Å². The highest BCUT2D eigenvalue weighted by molar-refractivity contribution is 9.10. The van der Waals surface area contributed by atoms with Crippen molar-refractivity contribution in [2.75, 3.05) is 31.5 Å². The van der Waals surface area contributed by atoms with Crippen LogP contribution in [0.25, 0.3) is 11.1 Å². The third-order valence-electron chi connectivity index (χ3n) is 8.57. The number of halogens is 2. The average Bonchev–Trinajstić information content (AvgIpc) is 3.65. The summed E-state index contributed by atoms with van der Waals surface area (Å²) in [6.07, 6.45) is 8.10. The van der Waals surface area contributed by atoms with E-state index in [2.05, 4.69) is 42.5 Å². The van der Waals surface area contributed by atoms with Crippen LogP contribution in [0.4, 0.5) is 5.69 Å². The van der Waals surface area contributed by atoms with Gasteiger partial charge in [-0.2, -0.15) is 5.26 Å². The quantitative estimate of drug-likeness (QED) is 0.0631. The van der Waals surface area contributed by atoms with Crippen molar-refractivity contribution in [3.63, 3.8) is 0 Å². The van der Waals surface area contributed by atoms with E-state index >= 15 is 0 Å². The fourth-order valence-corrected chi connectivity index (χ4v) is 6.63. The van der Waals surface area contributed by atoms with Crippen LogP contribution in [0.5, 0.6) is 11.5 Å². The maximum atomic E-state index is 11.4. The predicted octanol–water partition coefficient (Wildman–Crippen LogP) is 7.65. The van der Waals surface area contributed by atoms with Gasteiger partial charge in [0, 0.05) is 70.2 Å². The highest BCUT2D eigenvalue weighted by Gasteiger charge is 2.18. The Morgan fingerprint density at radius 3 is 2.62 bits per heavy atom. The highest BCUT2D eigenvalue weighted by atomic mass is 79.9. The van der Waals surface area contributed by atoms with Gasteiger partial charge in [-0.15, -0.1) is 0 Å². The van der Waals surface area contributed by atoms with Crippen LogP contribution in [0.2, 0.25) is 5.02 Å². The Hall–Kier alpha value is -4.47. The van der Waals surface area contributed by atoms with Gasteiger partial charge in [0.15, 0.2) is 0 Å². The minimum atomic E-state index is -0.977. The molecular weight excluding hydrogens is 720 g/mol. The van der Waals surface area contributed by atoms with Crippen molar-refractivity contribution in [1.82, 2.24) is 15.2 Å². The summed E-state index contributed by atoms with van der Waals surface area (Å²) >= 11 is 10.5. The lowest BCUT2D eigenvalue weighted by Gasteiger charge is -2.19. The maximum absolute atomic E-state index is 11.4. The van der Waals surface area contributed by atoms with Crippen molar-refractivity contribution in [3.05, 3.63) is 104 Å². The normalized spacial score (nSPS) is 13.4. The Bertz CT molecular complexity index is 1860. The molecule has 1 unspecified atom stereocenters. The number of aromatic nitrogens is 1. The first kappa shape index (κ1) is 36.8. The Kier molecular flexibility index (Phi) is 13.2. The van der Waals surface area contributed by atoms with Gasteiger partial charge in [0.25, 0.3) is 0 Å². The largest absolute Gasteiger partial charge is 0.488 e. The van der Waals surface area contributed by atoms with E-state index in [0.717, 1.165) is 51.9 Å². The van der Waals surface area contributed by atoms with Crippen LogP contribution < -0.4 is 20.1 Å². The molecule has 260 valence electrons. The first-order valence-electron chi connectivity index (χ1n) is 16.5. The monoisotopic (exact) mass is 758 g/mol. The number of rotatable bonds is 17. The number of hydrogen-bond donors (Lipinski definition) is 4. The van der Waals surface area contributed by atoms with Crippen molar-refractivity contribution in [2.45, 2.75) is 52.0 Å². The lowest BCUT2D eigenvalue weighted by molar-refractivity contribution is -0.139. The fraction of sp³-hybridized carbons (Fsp3) is 0.316. The van der Waals surface area contributed by atoms with Gasteiger partial charge >= 0.3 is 5.97 Å². The Labute approximate surface area is 306 Å². The van der Waals surface area contributed by atoms with Crippen molar-refractivity contribution in [3.8, 4) is 28.7 Å². The standard InChI is InChI=1S/C38H40BrClN6O4/c1-25(38(47)48)45-22-29-16-33(40)36(17-35(29)49-23-27-15-26(18-41)20-43-21-27)50-24-28-7-4-9-31(37(28)39)30-8-5-10-34(32(30)19-42)44-11-6-14-46-12-2-3-13-46/h4-5,7-10,15-17,19-21,25,42,44-45H,2-3,6,11-14,22-24H2,1H3,(H,47,48). The summed E-state index contributed by atoms with van der Waals surface area (Å²) in [7, 11) is 0. The first-order chi connectivity index (χ1) is 24.3. The van der Waals surface area contributed by atoms with Gasteiger partial charge < -0.3 is 35.5 Å². The second-order valence-electron chi connectivity index (χ2n) is 12.1. The number of aliphatic carboxylic acids is 1. The van der Waals surface area contributed by atoms with E-state index in [4.69, 9.17) is 26.5 Å². The van der Waals surface area contributed by atoms with Crippen LogP contribution in [0.1, 0.15) is 54.0 Å². The molecule has 0 radical (unpaired) electrons. The number of hydrogen-bond acceptors (Lipinski definition) is 9. The summed E-state index contributed by atoms with van der Waals surface area (Å²) < 4.78 is 13.2. The summed E-state index contributed by atoms with van der Waals surface area (Å²) in [6.45, 7) is 6.34. The van der Waals surface area contributed by atoms with Crippen LogP contribution in [0.3, 0.4) is 0 Å². The SMILES string of the molecule is CC(NCc1cc(Cl)c(OCc2cccc(-c3cccc(NCCCN4CCCC4)c3C=N)c2Br)cc1OCc1cncc(C#N)c1)C(=O)O. The van der Waals surface area contributed by atoms with Crippen LogP contribution in [-0.4, -0.2) is 59.4 Å². The highest BCUT2D eigenvalue weighted by Crippen LogP contribution is 2.38. The number of nitriles is 1. The zero-order valence-electron chi connectivity index (χ0n) is 27.8. The number of anilines is 1. The molecule has 0 bridgehead atoms. The number of nitrogens with one attached hydrogen (secondary N) is 3. The van der Waals surface area contributed by atoms with Crippen LogP contribution in [0.15, 0.2) is 71.5 Å². The maximum Gasteiger partial charge on any atom is 0.320 e. The molecule has 0 amide bonds. The summed E-state index contributed by atoms with van der Waals surface area (Å²) in [5, 5.41) is 33.7. The molecule has 2 heterocycles. The third kappa shape index (κ3) is 9.61. The minimum Gasteiger partial charge on any atom is -0.488 e. The zero-order chi connectivity index (χ0) is 35.5. The van der Waals surface area contributed by atoms with Gasteiger partial charge in [-0.3, -0.25) is 9.78 Å². The Morgan fingerprint density at radius 1 is 1.10 bits per heavy atom. The zero-order valence-corrected chi connectivity index (χ0v) is 30.2. The molecule has 10 nitrogen and oxygen atoms in total. The van der Waals surface area contributed by atoms with Gasteiger partial charge in [0.1, 0.15) is 36.8 Å². The van der Waals surface area contributed by atoms with Gasteiger partial charge in [-0.1, -0.05) is 41.9 Å². The number of carboxylic acid groups (broad SMARTS) is 1. The van der Waals surface area contributed by atoms with Gasteiger partial charge in [-0.05, 0) is 91.1 Å². The van der Waals surface area contributed by atoms with Gasteiger partial charge in [0.05, 0.1) is 10.6 Å².